The van der Waals surface area contributed by atoms with Crippen molar-refractivity contribution in [3.05, 3.63) is 0 Å². The first-order valence-corrected chi connectivity index (χ1v) is 13.0. The summed E-state index contributed by atoms with van der Waals surface area (Å²) >= 11 is 0. The van der Waals surface area contributed by atoms with E-state index in [2.05, 4.69) is 26.1 Å². The minimum absolute atomic E-state index is 0.0506. The van der Waals surface area contributed by atoms with E-state index in [0.29, 0.717) is 18.4 Å². The zero-order valence-corrected chi connectivity index (χ0v) is 20.7. The highest BCUT2D eigenvalue weighted by molar-refractivity contribution is 5.78. The molecule has 32 heavy (non-hydrogen) atoms. The molecule has 0 aromatic carbocycles. The van der Waals surface area contributed by atoms with Crippen LogP contribution in [-0.4, -0.2) is 59.4 Å². The molecule has 0 radical (unpaired) electrons. The molecule has 5 N–H and O–H groups in total. The van der Waals surface area contributed by atoms with Crippen molar-refractivity contribution < 1.29 is 24.5 Å². The van der Waals surface area contributed by atoms with Gasteiger partial charge >= 0.3 is 0 Å². The molecule has 2 saturated heterocycles. The second-order valence-corrected chi connectivity index (χ2v) is 9.93. The number of rotatable bonds is 5. The fourth-order valence-electron chi connectivity index (χ4n) is 5.27. The molecule has 2 fully saturated rings. The quantitative estimate of drug-likeness (QED) is 0.505. The van der Waals surface area contributed by atoms with Crippen LogP contribution in [0.25, 0.3) is 0 Å². The van der Waals surface area contributed by atoms with Gasteiger partial charge in [0.25, 0.3) is 0 Å². The Morgan fingerprint density at radius 3 is 2.41 bits per heavy atom. The first-order valence-electron chi connectivity index (χ1n) is 13.0. The second kappa shape index (κ2) is 13.9. The summed E-state index contributed by atoms with van der Waals surface area (Å²) in [4.78, 5) is 12.6. The zero-order chi connectivity index (χ0) is 23.7. The van der Waals surface area contributed by atoms with E-state index in [0.717, 1.165) is 64.2 Å². The van der Waals surface area contributed by atoms with Crippen LogP contribution in [-0.2, 0) is 14.3 Å². The van der Waals surface area contributed by atoms with E-state index in [1.54, 1.807) is 6.92 Å². The lowest BCUT2D eigenvalue weighted by molar-refractivity contribution is -0.286. The molecule has 0 saturated carbocycles. The molecule has 7 nitrogen and oxygen atoms in total. The zero-order valence-electron chi connectivity index (χ0n) is 20.7. The number of nitrogens with one attached hydrogen (secondary N) is 1. The van der Waals surface area contributed by atoms with Crippen molar-refractivity contribution in [2.75, 3.05) is 6.54 Å². The summed E-state index contributed by atoms with van der Waals surface area (Å²) in [6, 6.07) is -0.785. The highest BCUT2D eigenvalue weighted by Crippen LogP contribution is 2.31. The van der Waals surface area contributed by atoms with Crippen LogP contribution in [0.4, 0.5) is 0 Å². The van der Waals surface area contributed by atoms with Gasteiger partial charge in [-0.3, -0.25) is 4.79 Å². The number of hydrogen-bond donors (Lipinski definition) is 4. The van der Waals surface area contributed by atoms with Crippen LogP contribution in [0.5, 0.6) is 0 Å². The molecule has 0 aromatic heterocycles. The SMILES string of the molecule is CC[C@H]1CCC[C@@H](CC)C(=O)NCCC[C@@H](CC)[C@H](O[C@H]2O[C@@H](C)[C@@H](O)[C@@H](N)[C@@H]2O)CC1. The van der Waals surface area contributed by atoms with Crippen LogP contribution in [0.3, 0.4) is 0 Å². The van der Waals surface area contributed by atoms with Crippen molar-refractivity contribution in [1.82, 2.24) is 5.32 Å². The van der Waals surface area contributed by atoms with Crippen LogP contribution in [0.2, 0.25) is 0 Å². The predicted molar refractivity (Wildman–Crippen MR) is 126 cm³/mol. The van der Waals surface area contributed by atoms with E-state index >= 15 is 0 Å². The van der Waals surface area contributed by atoms with Gasteiger partial charge in [0.05, 0.1) is 24.4 Å². The third-order valence-electron chi connectivity index (χ3n) is 7.77. The summed E-state index contributed by atoms with van der Waals surface area (Å²) in [5.74, 6) is 1.23. The number of ether oxygens (including phenoxy) is 2. The molecule has 2 rings (SSSR count). The lowest BCUT2D eigenvalue weighted by Crippen LogP contribution is -2.61. The van der Waals surface area contributed by atoms with E-state index in [4.69, 9.17) is 15.2 Å². The molecule has 9 atom stereocenters. The van der Waals surface area contributed by atoms with Gasteiger partial charge in [-0.25, -0.2) is 0 Å². The molecule has 0 bridgehead atoms. The lowest BCUT2D eigenvalue weighted by atomic mass is 9.85. The Labute approximate surface area is 194 Å². The van der Waals surface area contributed by atoms with E-state index < -0.39 is 30.6 Å². The van der Waals surface area contributed by atoms with Crippen LogP contribution < -0.4 is 11.1 Å². The van der Waals surface area contributed by atoms with Crippen molar-refractivity contribution in [3.63, 3.8) is 0 Å². The van der Waals surface area contributed by atoms with Gasteiger partial charge in [0.2, 0.25) is 5.91 Å². The Kier molecular flexibility index (Phi) is 11.9. The summed E-state index contributed by atoms with van der Waals surface area (Å²) in [6.07, 6.45) is 6.63. The van der Waals surface area contributed by atoms with Gasteiger partial charge < -0.3 is 30.7 Å². The molecule has 0 unspecified atom stereocenters. The summed E-state index contributed by atoms with van der Waals surface area (Å²) in [6.45, 7) is 8.96. The topological polar surface area (TPSA) is 114 Å². The number of carbonyl (C=O) groups excluding carboxylic acids is 1. The molecule has 1 amide bonds. The van der Waals surface area contributed by atoms with Crippen molar-refractivity contribution >= 4 is 5.91 Å². The second-order valence-electron chi connectivity index (χ2n) is 9.93. The molecule has 0 spiro atoms. The minimum Gasteiger partial charge on any atom is -0.389 e. The van der Waals surface area contributed by atoms with Gasteiger partial charge in [0.15, 0.2) is 6.29 Å². The number of aliphatic hydroxyl groups is 2. The van der Waals surface area contributed by atoms with E-state index in [1.165, 1.54) is 0 Å². The van der Waals surface area contributed by atoms with Crippen LogP contribution in [0, 0.1) is 17.8 Å². The average Bonchev–Trinajstić information content (AvgIpc) is 2.79. The number of aliphatic hydroxyl groups excluding tert-OH is 2. The summed E-state index contributed by atoms with van der Waals surface area (Å²) in [5.41, 5.74) is 6.03. The maximum absolute atomic E-state index is 12.6. The summed E-state index contributed by atoms with van der Waals surface area (Å²) in [5, 5.41) is 23.8. The van der Waals surface area contributed by atoms with E-state index in [9.17, 15) is 15.0 Å². The monoisotopic (exact) mass is 456 g/mol. The van der Waals surface area contributed by atoms with Gasteiger partial charge in [-0.2, -0.15) is 0 Å². The van der Waals surface area contributed by atoms with Gasteiger partial charge in [-0.15, -0.1) is 0 Å². The Hall–Kier alpha value is -0.730. The van der Waals surface area contributed by atoms with Gasteiger partial charge in [-0.05, 0) is 57.3 Å². The van der Waals surface area contributed by atoms with Crippen LogP contribution >= 0.6 is 0 Å². The number of carbonyl (C=O) groups is 1. The molecule has 188 valence electrons. The number of hydrogen-bond acceptors (Lipinski definition) is 6. The highest BCUT2D eigenvalue weighted by atomic mass is 16.7. The third kappa shape index (κ3) is 7.66. The molecule has 0 aliphatic carbocycles. The fourth-order valence-corrected chi connectivity index (χ4v) is 5.27. The molecular formula is C25H48N2O5. The largest absolute Gasteiger partial charge is 0.389 e. The fraction of sp³-hybridized carbons (Fsp3) is 0.960. The molecule has 2 aliphatic heterocycles. The maximum atomic E-state index is 12.6. The van der Waals surface area contributed by atoms with Crippen molar-refractivity contribution in [3.8, 4) is 0 Å². The van der Waals surface area contributed by atoms with Gasteiger partial charge in [-0.1, -0.05) is 46.5 Å². The first-order chi connectivity index (χ1) is 15.3. The van der Waals surface area contributed by atoms with Crippen molar-refractivity contribution in [2.45, 2.75) is 129 Å². The predicted octanol–water partition coefficient (Wildman–Crippen LogP) is 3.10. The Bertz CT molecular complexity index is 548. The first kappa shape index (κ1) is 27.5. The molecule has 2 heterocycles. The van der Waals surface area contributed by atoms with E-state index in [-0.39, 0.29) is 17.9 Å². The van der Waals surface area contributed by atoms with Crippen molar-refractivity contribution in [2.24, 2.45) is 23.5 Å². The third-order valence-corrected chi connectivity index (χ3v) is 7.77. The van der Waals surface area contributed by atoms with Crippen LogP contribution in [0.15, 0.2) is 0 Å². The van der Waals surface area contributed by atoms with Crippen molar-refractivity contribution in [1.29, 1.82) is 0 Å². The minimum atomic E-state index is -1.06. The van der Waals surface area contributed by atoms with Gasteiger partial charge in [0, 0.05) is 12.5 Å². The number of amides is 1. The highest BCUT2D eigenvalue weighted by Gasteiger charge is 2.42. The molecule has 0 aromatic rings. The molecule has 7 heteroatoms. The lowest BCUT2D eigenvalue weighted by Gasteiger charge is -2.42. The van der Waals surface area contributed by atoms with Gasteiger partial charge in [0.1, 0.15) is 6.10 Å². The maximum Gasteiger partial charge on any atom is 0.223 e. The summed E-state index contributed by atoms with van der Waals surface area (Å²) in [7, 11) is 0. The smallest absolute Gasteiger partial charge is 0.223 e. The van der Waals surface area contributed by atoms with Crippen LogP contribution in [0.1, 0.15) is 91.9 Å². The Balaban J connectivity index is 2.11. The molecular weight excluding hydrogens is 408 g/mol. The Morgan fingerprint density at radius 1 is 1.00 bits per heavy atom. The normalized spacial score (nSPS) is 41.0. The van der Waals surface area contributed by atoms with E-state index in [1.807, 2.05) is 0 Å². The molecule has 2 aliphatic rings. The summed E-state index contributed by atoms with van der Waals surface area (Å²) < 4.78 is 12.2. The Morgan fingerprint density at radius 2 is 1.75 bits per heavy atom. The number of nitrogens with two attached hydrogens (primary N) is 1. The standard InChI is InChI=1S/C25H48N2O5/c1-5-17-10-8-11-19(7-3)24(30)27-15-9-12-18(6-2)20(14-13-17)32-25-23(29)21(26)22(28)16(4)31-25/h16-23,25,28-29H,5-15,26H2,1-4H3,(H,27,30)/t16-,17-,18+,19+,20+,21+,22+,23-,25+/m0/s1. The average molecular weight is 457 g/mol.